The number of nitrogens with zero attached hydrogens (tertiary/aromatic N) is 1. The van der Waals surface area contributed by atoms with Crippen LogP contribution in [-0.4, -0.2) is 15.6 Å². The average Bonchev–Trinajstić information content (AvgIpc) is 2.81. The Morgan fingerprint density at radius 2 is 1.91 bits per heavy atom. The monoisotopic (exact) mass is 311 g/mol. The fourth-order valence-electron chi connectivity index (χ4n) is 2.34. The van der Waals surface area contributed by atoms with Gasteiger partial charge < -0.3 is 9.67 Å². The van der Waals surface area contributed by atoms with Crippen molar-refractivity contribution >= 4 is 5.97 Å². The third kappa shape index (κ3) is 3.32. The predicted molar refractivity (Wildman–Crippen MR) is 75.4 cm³/mol. The number of aromatic carboxylic acids is 1. The van der Waals surface area contributed by atoms with Crippen molar-refractivity contribution in [2.45, 2.75) is 26.8 Å². The van der Waals surface area contributed by atoms with Gasteiger partial charge in [0, 0.05) is 11.8 Å². The maximum Gasteiger partial charge on any atom is 0.352 e. The first-order valence-corrected chi connectivity index (χ1v) is 6.84. The van der Waals surface area contributed by atoms with E-state index in [1.165, 1.54) is 10.6 Å². The summed E-state index contributed by atoms with van der Waals surface area (Å²) in [5.41, 5.74) is 0.684. The fraction of sp³-hybridized carbons (Fsp3) is 0.312. The maximum atomic E-state index is 13.7. The lowest BCUT2D eigenvalue weighted by Crippen LogP contribution is -2.10. The zero-order valence-corrected chi connectivity index (χ0v) is 12.2. The highest BCUT2D eigenvalue weighted by atomic mass is 19.2. The Labute approximate surface area is 126 Å². The van der Waals surface area contributed by atoms with E-state index in [2.05, 4.69) is 0 Å². The first-order chi connectivity index (χ1) is 10.3. The van der Waals surface area contributed by atoms with Gasteiger partial charge in [-0.1, -0.05) is 19.9 Å². The van der Waals surface area contributed by atoms with Crippen LogP contribution in [0, 0.1) is 23.4 Å². The third-order valence-corrected chi connectivity index (χ3v) is 3.27. The van der Waals surface area contributed by atoms with Crippen molar-refractivity contribution in [3.63, 3.8) is 0 Å². The minimum absolute atomic E-state index is 0.0141. The molecule has 1 N–H and O–H groups in total. The van der Waals surface area contributed by atoms with Crippen molar-refractivity contribution in [1.29, 1.82) is 0 Å². The molecule has 1 aromatic heterocycles. The Morgan fingerprint density at radius 3 is 2.50 bits per heavy atom. The quantitative estimate of drug-likeness (QED) is 0.852. The summed E-state index contributed by atoms with van der Waals surface area (Å²) >= 11 is 0. The molecule has 0 spiro atoms. The molecular formula is C16H16F3NO2. The van der Waals surface area contributed by atoms with Crippen LogP contribution in [0.15, 0.2) is 24.4 Å². The summed E-state index contributed by atoms with van der Waals surface area (Å²) in [4.78, 5) is 11.3. The highest BCUT2D eigenvalue weighted by molar-refractivity contribution is 5.86. The van der Waals surface area contributed by atoms with Gasteiger partial charge in [0.15, 0.2) is 17.5 Å². The number of carboxylic acid groups (broad SMARTS) is 1. The fourth-order valence-corrected chi connectivity index (χ4v) is 2.34. The summed E-state index contributed by atoms with van der Waals surface area (Å²) in [7, 11) is 0. The summed E-state index contributed by atoms with van der Waals surface area (Å²) in [6.07, 6.45) is 2.28. The second-order valence-corrected chi connectivity index (χ2v) is 5.60. The van der Waals surface area contributed by atoms with Crippen LogP contribution < -0.4 is 0 Å². The number of hydrogen-bond donors (Lipinski definition) is 1. The van der Waals surface area contributed by atoms with Crippen LogP contribution in [0.4, 0.5) is 13.2 Å². The first-order valence-electron chi connectivity index (χ1n) is 6.84. The molecule has 1 aromatic carbocycles. The molecule has 2 rings (SSSR count). The van der Waals surface area contributed by atoms with Gasteiger partial charge in [-0.25, -0.2) is 18.0 Å². The number of rotatable bonds is 5. The molecule has 0 aliphatic rings. The number of benzene rings is 1. The number of carbonyl (C=O) groups is 1. The molecule has 0 bridgehead atoms. The zero-order valence-electron chi connectivity index (χ0n) is 12.2. The minimum Gasteiger partial charge on any atom is -0.477 e. The van der Waals surface area contributed by atoms with Crippen LogP contribution in [0.3, 0.4) is 0 Å². The molecule has 0 aliphatic carbocycles. The van der Waals surface area contributed by atoms with Gasteiger partial charge in [-0.3, -0.25) is 0 Å². The smallest absolute Gasteiger partial charge is 0.352 e. The van der Waals surface area contributed by atoms with E-state index in [9.17, 15) is 23.1 Å². The molecule has 118 valence electrons. The number of hydrogen-bond acceptors (Lipinski definition) is 1. The molecule has 0 saturated heterocycles. The Morgan fingerprint density at radius 1 is 1.23 bits per heavy atom. The molecule has 0 saturated carbocycles. The second-order valence-electron chi connectivity index (χ2n) is 5.60. The molecule has 0 aliphatic heterocycles. The van der Waals surface area contributed by atoms with E-state index in [1.807, 2.05) is 13.8 Å². The van der Waals surface area contributed by atoms with Gasteiger partial charge in [-0.05, 0) is 30.0 Å². The molecule has 3 nitrogen and oxygen atoms in total. The van der Waals surface area contributed by atoms with Gasteiger partial charge in [-0.2, -0.15) is 0 Å². The highest BCUT2D eigenvalue weighted by Crippen LogP contribution is 2.19. The van der Waals surface area contributed by atoms with Crippen molar-refractivity contribution in [3.8, 4) is 0 Å². The van der Waals surface area contributed by atoms with Gasteiger partial charge in [-0.15, -0.1) is 0 Å². The normalized spacial score (nSPS) is 11.2. The van der Waals surface area contributed by atoms with Crippen molar-refractivity contribution in [1.82, 2.24) is 4.57 Å². The Kier molecular flexibility index (Phi) is 4.59. The highest BCUT2D eigenvalue weighted by Gasteiger charge is 2.17. The first kappa shape index (κ1) is 16.1. The standard InChI is InChI=1S/C16H16F3NO2/c1-9(2)5-10-6-13(16(21)22)20(7-10)8-11-3-4-12(17)15(19)14(11)18/h3-4,6-7,9H,5,8H2,1-2H3,(H,21,22). The second kappa shape index (κ2) is 6.25. The Balaban J connectivity index is 2.38. The molecule has 0 atom stereocenters. The van der Waals surface area contributed by atoms with Crippen LogP contribution in [0.1, 0.15) is 35.5 Å². The van der Waals surface area contributed by atoms with Crippen molar-refractivity contribution in [3.05, 3.63) is 58.7 Å². The lowest BCUT2D eigenvalue weighted by atomic mass is 10.1. The molecule has 0 unspecified atom stereocenters. The molecule has 22 heavy (non-hydrogen) atoms. The molecule has 2 aromatic rings. The van der Waals surface area contributed by atoms with Gasteiger partial charge in [0.25, 0.3) is 0 Å². The third-order valence-electron chi connectivity index (χ3n) is 3.27. The largest absolute Gasteiger partial charge is 0.477 e. The predicted octanol–water partition coefficient (Wildman–Crippen LogP) is 3.85. The number of halogens is 3. The molecular weight excluding hydrogens is 295 g/mol. The Hall–Kier alpha value is -2.24. The number of aromatic nitrogens is 1. The lowest BCUT2D eigenvalue weighted by molar-refractivity contribution is 0.0685. The topological polar surface area (TPSA) is 42.2 Å². The van der Waals surface area contributed by atoms with E-state index in [4.69, 9.17) is 0 Å². The van der Waals surface area contributed by atoms with Crippen LogP contribution in [0.5, 0.6) is 0 Å². The molecule has 0 amide bonds. The van der Waals surface area contributed by atoms with E-state index in [1.54, 1.807) is 6.20 Å². The van der Waals surface area contributed by atoms with Crippen molar-refractivity contribution < 1.29 is 23.1 Å². The van der Waals surface area contributed by atoms with Gasteiger partial charge >= 0.3 is 5.97 Å². The van der Waals surface area contributed by atoms with E-state index in [-0.39, 0.29) is 17.8 Å². The number of carboxylic acids is 1. The SMILES string of the molecule is CC(C)Cc1cc(C(=O)O)n(Cc2ccc(F)c(F)c2F)c1. The average molecular weight is 311 g/mol. The summed E-state index contributed by atoms with van der Waals surface area (Å²) in [5.74, 6) is -4.94. The summed E-state index contributed by atoms with van der Waals surface area (Å²) < 4.78 is 41.2. The van der Waals surface area contributed by atoms with Crippen LogP contribution in [-0.2, 0) is 13.0 Å². The van der Waals surface area contributed by atoms with E-state index >= 15 is 0 Å². The molecule has 1 heterocycles. The van der Waals surface area contributed by atoms with Gasteiger partial charge in [0.05, 0.1) is 6.54 Å². The van der Waals surface area contributed by atoms with Crippen LogP contribution >= 0.6 is 0 Å². The van der Waals surface area contributed by atoms with E-state index < -0.39 is 23.4 Å². The van der Waals surface area contributed by atoms with Gasteiger partial charge in [0.2, 0.25) is 0 Å². The van der Waals surface area contributed by atoms with E-state index in [0.29, 0.717) is 12.3 Å². The molecule has 6 heteroatoms. The van der Waals surface area contributed by atoms with Crippen molar-refractivity contribution in [2.75, 3.05) is 0 Å². The van der Waals surface area contributed by atoms with Crippen LogP contribution in [0.25, 0.3) is 0 Å². The van der Waals surface area contributed by atoms with Crippen LogP contribution in [0.2, 0.25) is 0 Å². The summed E-state index contributed by atoms with van der Waals surface area (Å²) in [6.45, 7) is 3.81. The summed E-state index contributed by atoms with van der Waals surface area (Å²) in [6, 6.07) is 3.45. The Bertz CT molecular complexity index is 708. The van der Waals surface area contributed by atoms with Crippen molar-refractivity contribution in [2.24, 2.45) is 5.92 Å². The maximum absolute atomic E-state index is 13.7. The minimum atomic E-state index is -1.55. The summed E-state index contributed by atoms with van der Waals surface area (Å²) in [5, 5.41) is 9.21. The zero-order chi connectivity index (χ0) is 16.4. The molecule has 0 fully saturated rings. The van der Waals surface area contributed by atoms with Gasteiger partial charge in [0.1, 0.15) is 5.69 Å². The van der Waals surface area contributed by atoms with E-state index in [0.717, 1.165) is 17.7 Å². The molecule has 0 radical (unpaired) electrons. The lowest BCUT2D eigenvalue weighted by Gasteiger charge is -2.08.